The molecule has 0 saturated heterocycles. The molecule has 76 valence electrons. The maximum Gasteiger partial charge on any atom is 0.105 e. The van der Waals surface area contributed by atoms with Crippen molar-refractivity contribution in [3.63, 3.8) is 0 Å². The molecule has 2 N–H and O–H groups in total. The topological polar surface area (TPSA) is 35.2 Å². The smallest absolute Gasteiger partial charge is 0.105 e. The van der Waals surface area contributed by atoms with Crippen molar-refractivity contribution in [2.45, 2.75) is 44.8 Å². The zero-order chi connectivity index (χ0) is 9.26. The Balaban J connectivity index is 1.86. The van der Waals surface area contributed by atoms with Crippen molar-refractivity contribution in [1.29, 1.82) is 0 Å². The average molecular weight is 183 g/mol. The Bertz CT molecular complexity index is 171. The van der Waals surface area contributed by atoms with Crippen LogP contribution in [-0.2, 0) is 4.74 Å². The Morgan fingerprint density at radius 3 is 2.92 bits per heavy atom. The van der Waals surface area contributed by atoms with Gasteiger partial charge in [-0.25, -0.2) is 0 Å². The highest BCUT2D eigenvalue weighted by atomic mass is 16.5. The van der Waals surface area contributed by atoms with Crippen molar-refractivity contribution in [2.75, 3.05) is 7.11 Å². The molecular weight excluding hydrogens is 162 g/mol. The standard InChI is InChI=1S/C11H21NO/c1-13-11(12)7-10-6-8-3-2-4-9(10)5-8/h8-11H,2-7,12H2,1H3. The largest absolute Gasteiger partial charge is 0.367 e. The summed E-state index contributed by atoms with van der Waals surface area (Å²) < 4.78 is 5.14. The molecule has 0 spiro atoms. The van der Waals surface area contributed by atoms with E-state index >= 15 is 0 Å². The molecule has 4 atom stereocenters. The summed E-state index contributed by atoms with van der Waals surface area (Å²) in [5.74, 6) is 2.86. The molecule has 0 aliphatic heterocycles. The van der Waals surface area contributed by atoms with Gasteiger partial charge < -0.3 is 10.5 Å². The summed E-state index contributed by atoms with van der Waals surface area (Å²) >= 11 is 0. The summed E-state index contributed by atoms with van der Waals surface area (Å²) in [4.78, 5) is 0. The van der Waals surface area contributed by atoms with Crippen LogP contribution < -0.4 is 5.73 Å². The summed E-state index contributed by atoms with van der Waals surface area (Å²) in [5, 5.41) is 0. The second kappa shape index (κ2) is 3.97. The quantitative estimate of drug-likeness (QED) is 0.680. The Hall–Kier alpha value is -0.0800. The van der Waals surface area contributed by atoms with Crippen molar-refractivity contribution >= 4 is 0 Å². The van der Waals surface area contributed by atoms with Crippen LogP contribution in [0.3, 0.4) is 0 Å². The van der Waals surface area contributed by atoms with Crippen LogP contribution in [0.15, 0.2) is 0 Å². The molecule has 2 aliphatic rings. The molecule has 0 aromatic rings. The molecule has 0 aromatic heterocycles. The minimum atomic E-state index is -0.0237. The molecule has 2 heteroatoms. The lowest BCUT2D eigenvalue weighted by Crippen LogP contribution is -2.26. The van der Waals surface area contributed by atoms with Gasteiger partial charge in [-0.2, -0.15) is 0 Å². The van der Waals surface area contributed by atoms with E-state index in [1.54, 1.807) is 7.11 Å². The number of fused-ring (bicyclic) bond motifs is 2. The fourth-order valence-electron chi connectivity index (χ4n) is 3.28. The van der Waals surface area contributed by atoms with Crippen LogP contribution in [0.2, 0.25) is 0 Å². The number of rotatable bonds is 3. The first-order chi connectivity index (χ1) is 6.29. The highest BCUT2D eigenvalue weighted by molar-refractivity contribution is 4.87. The third-order valence-corrected chi connectivity index (χ3v) is 3.96. The van der Waals surface area contributed by atoms with Gasteiger partial charge in [-0.15, -0.1) is 0 Å². The van der Waals surface area contributed by atoms with E-state index < -0.39 is 0 Å². The molecular formula is C11H21NO. The molecule has 2 bridgehead atoms. The highest BCUT2D eigenvalue weighted by Gasteiger charge is 2.37. The third kappa shape index (κ3) is 2.05. The van der Waals surface area contributed by atoms with Crippen molar-refractivity contribution < 1.29 is 4.74 Å². The fourth-order valence-corrected chi connectivity index (χ4v) is 3.28. The Morgan fingerprint density at radius 1 is 1.38 bits per heavy atom. The molecule has 4 unspecified atom stereocenters. The second-order valence-electron chi connectivity index (χ2n) is 4.80. The van der Waals surface area contributed by atoms with Crippen LogP contribution in [0.1, 0.15) is 38.5 Å². The van der Waals surface area contributed by atoms with Crippen molar-refractivity contribution in [3.05, 3.63) is 0 Å². The second-order valence-corrected chi connectivity index (χ2v) is 4.80. The Labute approximate surface area is 80.8 Å². The van der Waals surface area contributed by atoms with Gasteiger partial charge in [-0.05, 0) is 37.0 Å². The van der Waals surface area contributed by atoms with E-state index in [2.05, 4.69) is 0 Å². The van der Waals surface area contributed by atoms with Crippen LogP contribution in [-0.4, -0.2) is 13.3 Å². The first-order valence-corrected chi connectivity index (χ1v) is 5.58. The van der Waals surface area contributed by atoms with Crippen molar-refractivity contribution in [1.82, 2.24) is 0 Å². The van der Waals surface area contributed by atoms with E-state index in [-0.39, 0.29) is 6.23 Å². The first-order valence-electron chi connectivity index (χ1n) is 5.58. The normalized spacial score (nSPS) is 40.6. The maximum absolute atomic E-state index is 5.81. The number of ether oxygens (including phenoxy) is 1. The van der Waals surface area contributed by atoms with E-state index in [0.29, 0.717) is 0 Å². The van der Waals surface area contributed by atoms with Crippen LogP contribution >= 0.6 is 0 Å². The Kier molecular flexibility index (Phi) is 2.89. The Morgan fingerprint density at radius 2 is 2.23 bits per heavy atom. The molecule has 2 nitrogen and oxygen atoms in total. The monoisotopic (exact) mass is 183 g/mol. The van der Waals surface area contributed by atoms with Gasteiger partial charge in [0.1, 0.15) is 6.23 Å². The van der Waals surface area contributed by atoms with Crippen molar-refractivity contribution in [2.24, 2.45) is 23.5 Å². The van der Waals surface area contributed by atoms with Crippen LogP contribution in [0, 0.1) is 17.8 Å². The van der Waals surface area contributed by atoms with Gasteiger partial charge in [0.15, 0.2) is 0 Å². The van der Waals surface area contributed by atoms with E-state index in [4.69, 9.17) is 10.5 Å². The van der Waals surface area contributed by atoms with E-state index in [9.17, 15) is 0 Å². The summed E-state index contributed by atoms with van der Waals surface area (Å²) in [5.41, 5.74) is 5.81. The van der Waals surface area contributed by atoms with Gasteiger partial charge in [0.25, 0.3) is 0 Å². The molecule has 2 fully saturated rings. The summed E-state index contributed by atoms with van der Waals surface area (Å²) in [6.45, 7) is 0. The van der Waals surface area contributed by atoms with Gasteiger partial charge in [0.05, 0.1) is 0 Å². The molecule has 0 radical (unpaired) electrons. The van der Waals surface area contributed by atoms with E-state index in [0.717, 1.165) is 24.2 Å². The van der Waals surface area contributed by atoms with Gasteiger partial charge in [0.2, 0.25) is 0 Å². The summed E-state index contributed by atoms with van der Waals surface area (Å²) in [6.07, 6.45) is 8.31. The van der Waals surface area contributed by atoms with Gasteiger partial charge in [-0.1, -0.05) is 19.3 Å². The molecule has 0 aromatic carbocycles. The number of hydrogen-bond acceptors (Lipinski definition) is 2. The minimum absolute atomic E-state index is 0.0237. The van der Waals surface area contributed by atoms with Gasteiger partial charge >= 0.3 is 0 Å². The van der Waals surface area contributed by atoms with Crippen molar-refractivity contribution in [3.8, 4) is 0 Å². The average Bonchev–Trinajstić information content (AvgIpc) is 2.42. The SMILES string of the molecule is COC(N)CC1CC2CCCC1C2. The van der Waals surface area contributed by atoms with Crippen LogP contribution in [0.25, 0.3) is 0 Å². The summed E-state index contributed by atoms with van der Waals surface area (Å²) in [6, 6.07) is 0. The minimum Gasteiger partial charge on any atom is -0.367 e. The molecule has 2 aliphatic carbocycles. The molecule has 2 saturated carbocycles. The van der Waals surface area contributed by atoms with Crippen LogP contribution in [0.5, 0.6) is 0 Å². The van der Waals surface area contributed by atoms with E-state index in [1.807, 2.05) is 0 Å². The highest BCUT2D eigenvalue weighted by Crippen LogP contribution is 2.47. The predicted octanol–water partition coefficient (Wildman–Crippen LogP) is 2.13. The van der Waals surface area contributed by atoms with E-state index in [1.165, 1.54) is 32.1 Å². The lowest BCUT2D eigenvalue weighted by molar-refractivity contribution is 0.0784. The maximum atomic E-state index is 5.81. The first kappa shape index (κ1) is 9.47. The van der Waals surface area contributed by atoms with Gasteiger partial charge in [0, 0.05) is 7.11 Å². The number of hydrogen-bond donors (Lipinski definition) is 1. The summed E-state index contributed by atoms with van der Waals surface area (Å²) in [7, 11) is 1.71. The van der Waals surface area contributed by atoms with Gasteiger partial charge in [-0.3, -0.25) is 0 Å². The molecule has 2 rings (SSSR count). The zero-order valence-electron chi connectivity index (χ0n) is 8.54. The molecule has 0 amide bonds. The molecule has 0 heterocycles. The van der Waals surface area contributed by atoms with Crippen LogP contribution in [0.4, 0.5) is 0 Å². The number of nitrogens with two attached hydrogens (primary N) is 1. The molecule has 13 heavy (non-hydrogen) atoms. The predicted molar refractivity (Wildman–Crippen MR) is 53.2 cm³/mol. The lowest BCUT2D eigenvalue weighted by atomic mass is 9.86. The fraction of sp³-hybridized carbons (Fsp3) is 1.00. The lowest BCUT2D eigenvalue weighted by Gasteiger charge is -2.22. The zero-order valence-corrected chi connectivity index (χ0v) is 8.54. The number of methoxy groups -OCH3 is 1. The third-order valence-electron chi connectivity index (χ3n) is 3.96.